The number of aryl methyl sites for hydroxylation is 2. The number of benzene rings is 1. The molecule has 3 rings (SSSR count). The Kier molecular flexibility index (Phi) is 6.33. The van der Waals surface area contributed by atoms with Crippen LogP contribution in [0, 0.1) is 13.8 Å². The molecule has 1 amide bonds. The lowest BCUT2D eigenvalue weighted by Gasteiger charge is -2.12. The van der Waals surface area contributed by atoms with Gasteiger partial charge in [-0.3, -0.25) is 4.79 Å². The van der Waals surface area contributed by atoms with E-state index >= 15 is 0 Å². The van der Waals surface area contributed by atoms with Crippen LogP contribution in [0.1, 0.15) is 46.1 Å². The Morgan fingerprint density at radius 2 is 2.03 bits per heavy atom. The minimum absolute atomic E-state index is 0.271. The van der Waals surface area contributed by atoms with Crippen molar-refractivity contribution in [2.45, 2.75) is 33.4 Å². The predicted molar refractivity (Wildman–Crippen MR) is 102 cm³/mol. The van der Waals surface area contributed by atoms with Gasteiger partial charge in [0.25, 0.3) is 5.91 Å². The van der Waals surface area contributed by atoms with Gasteiger partial charge in [0.2, 0.25) is 0 Å². The minimum atomic E-state index is -0.617. The molecule has 0 aliphatic carbocycles. The second-order valence-electron chi connectivity index (χ2n) is 6.50. The average Bonchev–Trinajstić information content (AvgIpc) is 3.35. The van der Waals surface area contributed by atoms with Crippen LogP contribution < -0.4 is 10.1 Å². The number of aromatic nitrogens is 1. The zero-order valence-electron chi connectivity index (χ0n) is 16.4. The van der Waals surface area contributed by atoms with Gasteiger partial charge in [-0.1, -0.05) is 11.2 Å². The number of carbonyl (C=O) groups is 2. The lowest BCUT2D eigenvalue weighted by atomic mass is 10.2. The minimum Gasteiger partial charge on any atom is -0.489 e. The van der Waals surface area contributed by atoms with Crippen molar-refractivity contribution in [3.05, 3.63) is 71.0 Å². The molecule has 152 valence electrons. The first-order chi connectivity index (χ1) is 13.9. The third-order valence-corrected chi connectivity index (χ3v) is 4.32. The standard InChI is InChI=1S/C21H22N2O6/c1-13-18(15(3)29-23-13)11-27-17-7-4-6-16(10-17)21(25)28-12-20(24)22-14(2)19-8-5-9-26-19/h4-10,14H,11-12H2,1-3H3,(H,22,24)/t14-/m0/s1. The maximum absolute atomic E-state index is 12.3. The fourth-order valence-corrected chi connectivity index (χ4v) is 2.68. The molecule has 8 nitrogen and oxygen atoms in total. The fraction of sp³-hybridized carbons (Fsp3) is 0.286. The average molecular weight is 398 g/mol. The number of hydrogen-bond acceptors (Lipinski definition) is 7. The van der Waals surface area contributed by atoms with E-state index in [1.54, 1.807) is 43.3 Å². The van der Waals surface area contributed by atoms with Crippen LogP contribution in [0.3, 0.4) is 0 Å². The molecule has 2 aromatic heterocycles. The van der Waals surface area contributed by atoms with Crippen LogP contribution in [0.15, 0.2) is 51.6 Å². The fourth-order valence-electron chi connectivity index (χ4n) is 2.68. The van der Waals surface area contributed by atoms with Crippen molar-refractivity contribution in [2.24, 2.45) is 0 Å². The number of ether oxygens (including phenoxy) is 2. The molecule has 0 unspecified atom stereocenters. The molecule has 0 fully saturated rings. The molecule has 0 aliphatic heterocycles. The van der Waals surface area contributed by atoms with Crippen molar-refractivity contribution in [2.75, 3.05) is 6.61 Å². The number of amides is 1. The van der Waals surface area contributed by atoms with E-state index in [1.807, 2.05) is 13.8 Å². The maximum atomic E-state index is 12.3. The highest BCUT2D eigenvalue weighted by atomic mass is 16.5. The maximum Gasteiger partial charge on any atom is 0.338 e. The highest BCUT2D eigenvalue weighted by Crippen LogP contribution is 2.19. The SMILES string of the molecule is Cc1noc(C)c1COc1cccc(C(=O)OCC(=O)N[C@@H](C)c2ccco2)c1. The van der Waals surface area contributed by atoms with Crippen molar-refractivity contribution >= 4 is 11.9 Å². The number of carbonyl (C=O) groups excluding carboxylic acids is 2. The van der Waals surface area contributed by atoms with E-state index in [4.69, 9.17) is 18.4 Å². The molecule has 1 aromatic carbocycles. The summed E-state index contributed by atoms with van der Waals surface area (Å²) >= 11 is 0. The lowest BCUT2D eigenvalue weighted by Crippen LogP contribution is -2.30. The third kappa shape index (κ3) is 5.25. The zero-order chi connectivity index (χ0) is 20.8. The Hall–Kier alpha value is -3.55. The molecule has 0 saturated carbocycles. The second kappa shape index (κ2) is 9.09. The summed E-state index contributed by atoms with van der Waals surface area (Å²) < 4.78 is 21.1. The summed E-state index contributed by atoms with van der Waals surface area (Å²) in [6, 6.07) is 9.73. The van der Waals surface area contributed by atoms with E-state index in [0.717, 1.165) is 11.3 Å². The first-order valence-corrected chi connectivity index (χ1v) is 9.08. The van der Waals surface area contributed by atoms with Crippen molar-refractivity contribution in [3.63, 3.8) is 0 Å². The van der Waals surface area contributed by atoms with Gasteiger partial charge in [-0.25, -0.2) is 4.79 Å². The zero-order valence-corrected chi connectivity index (χ0v) is 16.4. The molecule has 0 radical (unpaired) electrons. The molecule has 8 heteroatoms. The summed E-state index contributed by atoms with van der Waals surface area (Å²) in [6.07, 6.45) is 1.53. The van der Waals surface area contributed by atoms with Crippen LogP contribution in [-0.2, 0) is 16.1 Å². The highest BCUT2D eigenvalue weighted by Gasteiger charge is 2.15. The van der Waals surface area contributed by atoms with Gasteiger partial charge >= 0.3 is 5.97 Å². The van der Waals surface area contributed by atoms with Gasteiger partial charge in [-0.15, -0.1) is 0 Å². The Morgan fingerprint density at radius 1 is 1.21 bits per heavy atom. The highest BCUT2D eigenvalue weighted by molar-refractivity contribution is 5.91. The van der Waals surface area contributed by atoms with E-state index in [0.29, 0.717) is 17.3 Å². The lowest BCUT2D eigenvalue weighted by molar-refractivity contribution is -0.125. The topological polar surface area (TPSA) is 104 Å². The Morgan fingerprint density at radius 3 is 2.72 bits per heavy atom. The Balaban J connectivity index is 1.51. The van der Waals surface area contributed by atoms with E-state index in [2.05, 4.69) is 10.5 Å². The Bertz CT molecular complexity index is 957. The molecule has 1 atom stereocenters. The van der Waals surface area contributed by atoms with Crippen LogP contribution in [0.5, 0.6) is 5.75 Å². The molecule has 0 saturated heterocycles. The van der Waals surface area contributed by atoms with Gasteiger partial charge in [0.1, 0.15) is 23.9 Å². The van der Waals surface area contributed by atoms with E-state index in [9.17, 15) is 9.59 Å². The van der Waals surface area contributed by atoms with Crippen molar-refractivity contribution < 1.29 is 28.0 Å². The monoisotopic (exact) mass is 398 g/mol. The third-order valence-electron chi connectivity index (χ3n) is 4.32. The summed E-state index contributed by atoms with van der Waals surface area (Å²) in [5.41, 5.74) is 1.90. The normalized spacial score (nSPS) is 11.7. The number of nitrogens with one attached hydrogen (secondary N) is 1. The molecule has 0 aliphatic rings. The van der Waals surface area contributed by atoms with Crippen LogP contribution in [0.25, 0.3) is 0 Å². The van der Waals surface area contributed by atoms with Crippen LogP contribution in [0.2, 0.25) is 0 Å². The van der Waals surface area contributed by atoms with Crippen molar-refractivity contribution in [1.29, 1.82) is 0 Å². The molecule has 2 heterocycles. The Labute approximate surface area is 167 Å². The van der Waals surface area contributed by atoms with Crippen LogP contribution in [0.4, 0.5) is 0 Å². The number of rotatable bonds is 8. The largest absolute Gasteiger partial charge is 0.489 e. The van der Waals surface area contributed by atoms with Gasteiger partial charge in [-0.05, 0) is 51.1 Å². The number of hydrogen-bond donors (Lipinski definition) is 1. The van der Waals surface area contributed by atoms with Crippen LogP contribution in [-0.4, -0.2) is 23.6 Å². The van der Waals surface area contributed by atoms with Crippen molar-refractivity contribution in [3.8, 4) is 5.75 Å². The van der Waals surface area contributed by atoms with E-state index < -0.39 is 18.5 Å². The van der Waals surface area contributed by atoms with E-state index in [1.165, 1.54) is 6.26 Å². The van der Waals surface area contributed by atoms with Gasteiger partial charge in [-0.2, -0.15) is 0 Å². The first kappa shape index (κ1) is 20.2. The smallest absolute Gasteiger partial charge is 0.338 e. The van der Waals surface area contributed by atoms with Gasteiger partial charge in [0.05, 0.1) is 29.1 Å². The summed E-state index contributed by atoms with van der Waals surface area (Å²) in [7, 11) is 0. The summed E-state index contributed by atoms with van der Waals surface area (Å²) in [5.74, 6) is 0.762. The molecular weight excluding hydrogens is 376 g/mol. The quantitative estimate of drug-likeness (QED) is 0.579. The summed E-state index contributed by atoms with van der Waals surface area (Å²) in [6.45, 7) is 5.30. The molecular formula is C21H22N2O6. The summed E-state index contributed by atoms with van der Waals surface area (Å²) in [5, 5.41) is 6.58. The number of nitrogens with zero attached hydrogens (tertiary/aromatic N) is 1. The van der Waals surface area contributed by atoms with Crippen molar-refractivity contribution in [1.82, 2.24) is 10.5 Å². The molecule has 0 bridgehead atoms. The summed E-state index contributed by atoms with van der Waals surface area (Å²) in [4.78, 5) is 24.2. The van der Waals surface area contributed by atoms with Gasteiger partial charge in [0.15, 0.2) is 6.61 Å². The first-order valence-electron chi connectivity index (χ1n) is 9.08. The molecule has 29 heavy (non-hydrogen) atoms. The predicted octanol–water partition coefficient (Wildman–Crippen LogP) is 3.50. The van der Waals surface area contributed by atoms with E-state index in [-0.39, 0.29) is 18.2 Å². The molecule has 3 aromatic rings. The second-order valence-corrected chi connectivity index (χ2v) is 6.50. The molecule has 1 N–H and O–H groups in total. The van der Waals surface area contributed by atoms with Gasteiger partial charge < -0.3 is 23.7 Å². The molecule has 0 spiro atoms. The van der Waals surface area contributed by atoms with Crippen LogP contribution >= 0.6 is 0 Å². The number of furan rings is 1. The van der Waals surface area contributed by atoms with Gasteiger partial charge in [0, 0.05) is 0 Å². The number of esters is 1.